The molecule has 7 nitrogen and oxygen atoms in total. The van der Waals surface area contributed by atoms with E-state index in [1.54, 1.807) is 13.8 Å². The Kier molecular flexibility index (Phi) is 6.15. The lowest BCUT2D eigenvalue weighted by atomic mass is 10.0. The molecule has 1 saturated heterocycles. The second-order valence-corrected chi connectivity index (χ2v) is 5.01. The number of rotatable bonds is 6. The number of carboxylic acid groups (broad SMARTS) is 1. The van der Waals surface area contributed by atoms with Crippen LogP contribution in [0.25, 0.3) is 0 Å². The van der Waals surface area contributed by atoms with Gasteiger partial charge in [-0.1, -0.05) is 0 Å². The minimum absolute atomic E-state index is 0.135. The SMILES string of the molecule is C[C@H](C[C@@H](O)CC(=O)O)O[C@@H]1O[C@@H](C)[C@H](O)C[C@H]1O. The highest BCUT2D eigenvalue weighted by Crippen LogP contribution is 2.23. The first-order chi connectivity index (χ1) is 8.79. The van der Waals surface area contributed by atoms with E-state index < -0.39 is 42.8 Å². The summed E-state index contributed by atoms with van der Waals surface area (Å²) in [5.74, 6) is -1.08. The molecule has 0 unspecified atom stereocenters. The largest absolute Gasteiger partial charge is 0.481 e. The van der Waals surface area contributed by atoms with E-state index in [4.69, 9.17) is 14.6 Å². The van der Waals surface area contributed by atoms with Gasteiger partial charge in [-0.3, -0.25) is 4.79 Å². The van der Waals surface area contributed by atoms with E-state index in [0.717, 1.165) is 0 Å². The third kappa shape index (κ3) is 5.42. The number of carbonyl (C=O) groups is 1. The molecule has 19 heavy (non-hydrogen) atoms. The topological polar surface area (TPSA) is 116 Å². The van der Waals surface area contributed by atoms with Crippen LogP contribution in [0, 0.1) is 0 Å². The Bertz CT molecular complexity index is 296. The molecule has 1 rings (SSSR count). The van der Waals surface area contributed by atoms with E-state index in [2.05, 4.69) is 0 Å². The summed E-state index contributed by atoms with van der Waals surface area (Å²) in [7, 11) is 0. The molecule has 112 valence electrons. The molecule has 0 aromatic heterocycles. The zero-order valence-electron chi connectivity index (χ0n) is 11.1. The molecule has 1 aliphatic rings. The van der Waals surface area contributed by atoms with Crippen molar-refractivity contribution in [3.63, 3.8) is 0 Å². The summed E-state index contributed by atoms with van der Waals surface area (Å²) in [4.78, 5) is 10.4. The lowest BCUT2D eigenvalue weighted by Gasteiger charge is -2.36. The number of aliphatic hydroxyl groups is 3. The predicted molar refractivity (Wildman–Crippen MR) is 64.4 cm³/mol. The summed E-state index contributed by atoms with van der Waals surface area (Å²) >= 11 is 0. The van der Waals surface area contributed by atoms with Crippen molar-refractivity contribution in [3.05, 3.63) is 0 Å². The van der Waals surface area contributed by atoms with Crippen LogP contribution in [0.5, 0.6) is 0 Å². The molecule has 0 spiro atoms. The number of hydrogen-bond acceptors (Lipinski definition) is 6. The fourth-order valence-electron chi connectivity index (χ4n) is 2.02. The van der Waals surface area contributed by atoms with Gasteiger partial charge in [0.25, 0.3) is 0 Å². The van der Waals surface area contributed by atoms with Gasteiger partial charge in [0.1, 0.15) is 6.10 Å². The highest BCUT2D eigenvalue weighted by molar-refractivity contribution is 5.67. The summed E-state index contributed by atoms with van der Waals surface area (Å²) in [5, 5.41) is 37.2. The Balaban J connectivity index is 2.39. The smallest absolute Gasteiger partial charge is 0.305 e. The normalized spacial score (nSPS) is 34.8. The van der Waals surface area contributed by atoms with Crippen molar-refractivity contribution in [1.82, 2.24) is 0 Å². The highest BCUT2D eigenvalue weighted by atomic mass is 16.7. The second kappa shape index (κ2) is 7.16. The van der Waals surface area contributed by atoms with Gasteiger partial charge >= 0.3 is 5.97 Å². The summed E-state index contributed by atoms with van der Waals surface area (Å²) in [6, 6.07) is 0. The zero-order chi connectivity index (χ0) is 14.6. The molecule has 0 amide bonds. The monoisotopic (exact) mass is 278 g/mol. The molecule has 4 N–H and O–H groups in total. The van der Waals surface area contributed by atoms with Crippen LogP contribution in [0.3, 0.4) is 0 Å². The van der Waals surface area contributed by atoms with E-state index in [-0.39, 0.29) is 19.3 Å². The fourth-order valence-corrected chi connectivity index (χ4v) is 2.02. The van der Waals surface area contributed by atoms with Crippen LogP contribution in [-0.4, -0.2) is 63.2 Å². The number of carboxylic acids is 1. The molecule has 0 saturated carbocycles. The number of aliphatic carboxylic acids is 1. The fraction of sp³-hybridized carbons (Fsp3) is 0.917. The summed E-state index contributed by atoms with van der Waals surface area (Å²) in [6.45, 7) is 3.34. The Labute approximate surface area is 111 Å². The van der Waals surface area contributed by atoms with Crippen molar-refractivity contribution >= 4 is 5.97 Å². The first-order valence-electron chi connectivity index (χ1n) is 6.36. The van der Waals surface area contributed by atoms with E-state index in [1.165, 1.54) is 0 Å². The average molecular weight is 278 g/mol. The Morgan fingerprint density at radius 3 is 2.63 bits per heavy atom. The molecule has 1 heterocycles. The van der Waals surface area contributed by atoms with Crippen molar-refractivity contribution < 1.29 is 34.7 Å². The predicted octanol–water partition coefficient (Wildman–Crippen LogP) is -0.526. The minimum Gasteiger partial charge on any atom is -0.481 e. The van der Waals surface area contributed by atoms with Crippen molar-refractivity contribution in [2.24, 2.45) is 0 Å². The van der Waals surface area contributed by atoms with Crippen molar-refractivity contribution in [2.45, 2.75) is 69.9 Å². The standard InChI is InChI=1S/C12H22O7/c1-6(3-8(13)4-11(16)17)18-12-10(15)5-9(14)7(2)19-12/h6-10,12-15H,3-5H2,1-2H3,(H,16,17)/t6-,7+,8-,9-,10-,12-/m1/s1. The Morgan fingerprint density at radius 1 is 1.42 bits per heavy atom. The third-order valence-electron chi connectivity index (χ3n) is 3.07. The summed E-state index contributed by atoms with van der Waals surface area (Å²) < 4.78 is 10.8. The van der Waals surface area contributed by atoms with Crippen LogP contribution in [0.2, 0.25) is 0 Å². The van der Waals surface area contributed by atoms with Gasteiger partial charge in [0, 0.05) is 6.42 Å². The molecule has 0 aromatic rings. The van der Waals surface area contributed by atoms with Crippen molar-refractivity contribution in [3.8, 4) is 0 Å². The lowest BCUT2D eigenvalue weighted by molar-refractivity contribution is -0.275. The van der Waals surface area contributed by atoms with E-state index in [0.29, 0.717) is 0 Å². The summed E-state index contributed by atoms with van der Waals surface area (Å²) in [6.07, 6.45) is -4.50. The van der Waals surface area contributed by atoms with Crippen molar-refractivity contribution in [1.29, 1.82) is 0 Å². The first-order valence-corrected chi connectivity index (χ1v) is 6.36. The van der Waals surface area contributed by atoms with Gasteiger partial charge < -0.3 is 29.9 Å². The zero-order valence-corrected chi connectivity index (χ0v) is 11.1. The van der Waals surface area contributed by atoms with Gasteiger partial charge in [-0.05, 0) is 20.3 Å². The maximum Gasteiger partial charge on any atom is 0.305 e. The molecule has 0 aliphatic carbocycles. The number of ether oxygens (including phenoxy) is 2. The molecule has 0 bridgehead atoms. The van der Waals surface area contributed by atoms with E-state index in [1.807, 2.05) is 0 Å². The van der Waals surface area contributed by atoms with E-state index >= 15 is 0 Å². The Morgan fingerprint density at radius 2 is 2.05 bits per heavy atom. The average Bonchev–Trinajstić information content (AvgIpc) is 2.24. The molecule has 0 radical (unpaired) electrons. The van der Waals surface area contributed by atoms with Gasteiger partial charge in [-0.25, -0.2) is 0 Å². The molecule has 0 aromatic carbocycles. The molecule has 6 atom stereocenters. The highest BCUT2D eigenvalue weighted by Gasteiger charge is 2.35. The maximum atomic E-state index is 10.4. The van der Waals surface area contributed by atoms with Gasteiger partial charge in [0.15, 0.2) is 6.29 Å². The van der Waals surface area contributed by atoms with Crippen LogP contribution < -0.4 is 0 Å². The number of aliphatic hydroxyl groups excluding tert-OH is 3. The molecular formula is C12H22O7. The van der Waals surface area contributed by atoms with Crippen LogP contribution in [-0.2, 0) is 14.3 Å². The third-order valence-corrected chi connectivity index (χ3v) is 3.07. The van der Waals surface area contributed by atoms with Crippen LogP contribution in [0.1, 0.15) is 33.1 Å². The van der Waals surface area contributed by atoms with Crippen LogP contribution >= 0.6 is 0 Å². The van der Waals surface area contributed by atoms with Crippen LogP contribution in [0.4, 0.5) is 0 Å². The van der Waals surface area contributed by atoms with Gasteiger partial charge in [0.05, 0.1) is 30.8 Å². The number of hydrogen-bond donors (Lipinski definition) is 4. The van der Waals surface area contributed by atoms with E-state index in [9.17, 15) is 20.1 Å². The maximum absolute atomic E-state index is 10.4. The summed E-state index contributed by atoms with van der Waals surface area (Å²) in [5.41, 5.74) is 0. The molecule has 1 fully saturated rings. The molecule has 1 aliphatic heterocycles. The lowest BCUT2D eigenvalue weighted by Crippen LogP contribution is -2.48. The molecule has 7 heteroatoms. The first kappa shape index (κ1) is 16.3. The quantitative estimate of drug-likeness (QED) is 0.516. The van der Waals surface area contributed by atoms with Gasteiger partial charge in [0.2, 0.25) is 0 Å². The van der Waals surface area contributed by atoms with Crippen molar-refractivity contribution in [2.75, 3.05) is 0 Å². The van der Waals surface area contributed by atoms with Crippen LogP contribution in [0.15, 0.2) is 0 Å². The minimum atomic E-state index is -1.08. The van der Waals surface area contributed by atoms with Gasteiger partial charge in [-0.2, -0.15) is 0 Å². The second-order valence-electron chi connectivity index (χ2n) is 5.01. The van der Waals surface area contributed by atoms with Gasteiger partial charge in [-0.15, -0.1) is 0 Å². The Hall–Kier alpha value is -0.730. The molecular weight excluding hydrogens is 256 g/mol.